The molecule has 1 N–H and O–H groups in total. The molecule has 0 radical (unpaired) electrons. The first-order valence-electron chi connectivity index (χ1n) is 10.2. The van der Waals surface area contributed by atoms with Crippen molar-refractivity contribution >= 4 is 5.91 Å². The quantitative estimate of drug-likeness (QED) is 0.904. The summed E-state index contributed by atoms with van der Waals surface area (Å²) in [5.74, 6) is 3.86. The number of benzene rings is 1. The molecule has 6 rings (SSSR count). The summed E-state index contributed by atoms with van der Waals surface area (Å²) >= 11 is 0. The maximum Gasteiger partial charge on any atom is 0.226 e. The van der Waals surface area contributed by atoms with Gasteiger partial charge in [0.2, 0.25) is 5.91 Å². The number of carbonyl (C=O) groups excluding carboxylic acids is 1. The van der Waals surface area contributed by atoms with Crippen LogP contribution in [0.5, 0.6) is 5.75 Å². The minimum Gasteiger partial charge on any atom is -0.493 e. The molecule has 1 aliphatic heterocycles. The van der Waals surface area contributed by atoms with Gasteiger partial charge in [-0.3, -0.25) is 4.79 Å². The average Bonchev–Trinajstić information content (AvgIpc) is 3.01. The fraction of sp³-hybridized carbons (Fsp3) is 0.682. The first kappa shape index (κ1) is 15.7. The van der Waals surface area contributed by atoms with Gasteiger partial charge < -0.3 is 10.1 Å². The van der Waals surface area contributed by atoms with Gasteiger partial charge >= 0.3 is 0 Å². The summed E-state index contributed by atoms with van der Waals surface area (Å²) < 4.78 is 5.59. The second-order valence-electron chi connectivity index (χ2n) is 9.32. The molecule has 0 aromatic heterocycles. The number of amides is 1. The molecule has 1 aromatic rings. The van der Waals surface area contributed by atoms with Crippen LogP contribution in [0.1, 0.15) is 56.6 Å². The zero-order valence-electron chi connectivity index (χ0n) is 15.2. The van der Waals surface area contributed by atoms with Crippen LogP contribution < -0.4 is 10.1 Å². The van der Waals surface area contributed by atoms with Gasteiger partial charge in [0.1, 0.15) is 5.75 Å². The molecule has 4 fully saturated rings. The molecule has 0 spiro atoms. The number of hydrogen-bond donors (Lipinski definition) is 1. The molecular weight excluding hydrogens is 310 g/mol. The summed E-state index contributed by atoms with van der Waals surface area (Å²) in [5, 5.41) is 3.38. The Morgan fingerprint density at radius 2 is 1.88 bits per heavy atom. The van der Waals surface area contributed by atoms with Gasteiger partial charge in [0, 0.05) is 17.9 Å². The fourth-order valence-electron chi connectivity index (χ4n) is 6.54. The zero-order valence-corrected chi connectivity index (χ0v) is 15.2. The van der Waals surface area contributed by atoms with E-state index >= 15 is 0 Å². The van der Waals surface area contributed by atoms with Crippen molar-refractivity contribution in [3.05, 3.63) is 29.3 Å². The summed E-state index contributed by atoms with van der Waals surface area (Å²) in [6.45, 7) is 2.96. The van der Waals surface area contributed by atoms with Crippen molar-refractivity contribution in [2.75, 3.05) is 6.61 Å². The lowest BCUT2D eigenvalue weighted by Gasteiger charge is -2.55. The van der Waals surface area contributed by atoms with Crippen molar-refractivity contribution in [2.24, 2.45) is 23.2 Å². The van der Waals surface area contributed by atoms with Crippen LogP contribution in [0.25, 0.3) is 0 Å². The van der Waals surface area contributed by atoms with Gasteiger partial charge in [-0.25, -0.2) is 0 Å². The molecule has 1 unspecified atom stereocenters. The van der Waals surface area contributed by atoms with E-state index in [1.165, 1.54) is 30.4 Å². The molecule has 1 atom stereocenters. The molecule has 3 heteroatoms. The van der Waals surface area contributed by atoms with E-state index in [4.69, 9.17) is 4.74 Å². The number of carbonyl (C=O) groups is 1. The van der Waals surface area contributed by atoms with Crippen LogP contribution in [0.2, 0.25) is 0 Å². The molecule has 5 aliphatic rings. The predicted molar refractivity (Wildman–Crippen MR) is 97.6 cm³/mol. The molecule has 0 saturated heterocycles. The molecule has 1 amide bonds. The average molecular weight is 339 g/mol. The minimum absolute atomic E-state index is 0.0330. The summed E-state index contributed by atoms with van der Waals surface area (Å²) in [4.78, 5) is 13.2. The third-order valence-corrected chi connectivity index (χ3v) is 7.19. The van der Waals surface area contributed by atoms with Crippen LogP contribution in [-0.4, -0.2) is 18.6 Å². The third kappa shape index (κ3) is 2.76. The smallest absolute Gasteiger partial charge is 0.226 e. The van der Waals surface area contributed by atoms with Gasteiger partial charge in [-0.2, -0.15) is 0 Å². The highest BCUT2D eigenvalue weighted by Crippen LogP contribution is 2.60. The summed E-state index contributed by atoms with van der Waals surface area (Å²) in [6.07, 6.45) is 9.52. The predicted octanol–water partition coefficient (Wildman–Crippen LogP) is 3.89. The molecule has 1 aromatic carbocycles. The van der Waals surface area contributed by atoms with Gasteiger partial charge in [0.05, 0.1) is 6.61 Å². The van der Waals surface area contributed by atoms with Crippen molar-refractivity contribution < 1.29 is 9.53 Å². The fourth-order valence-corrected chi connectivity index (χ4v) is 6.54. The lowest BCUT2D eigenvalue weighted by molar-refractivity contribution is -0.146. The molecule has 134 valence electrons. The second-order valence-corrected chi connectivity index (χ2v) is 9.32. The first-order chi connectivity index (χ1) is 12.1. The lowest BCUT2D eigenvalue weighted by atomic mass is 9.49. The third-order valence-electron chi connectivity index (χ3n) is 7.19. The van der Waals surface area contributed by atoms with Gasteiger partial charge in [-0.1, -0.05) is 12.1 Å². The number of hydrogen-bond acceptors (Lipinski definition) is 2. The Bertz CT molecular complexity index is 660. The highest BCUT2D eigenvalue weighted by molar-refractivity contribution is 5.83. The van der Waals surface area contributed by atoms with E-state index in [9.17, 15) is 4.79 Å². The normalized spacial score (nSPS) is 36.0. The van der Waals surface area contributed by atoms with Crippen molar-refractivity contribution in [3.8, 4) is 5.75 Å². The second kappa shape index (κ2) is 5.75. The molecule has 4 bridgehead atoms. The Labute approximate surface area is 150 Å². The zero-order chi connectivity index (χ0) is 17.0. The maximum atomic E-state index is 13.2. The number of nitrogens with one attached hydrogen (secondary N) is 1. The van der Waals surface area contributed by atoms with E-state index in [0.717, 1.165) is 62.2 Å². The van der Waals surface area contributed by atoms with E-state index in [0.29, 0.717) is 5.91 Å². The largest absolute Gasteiger partial charge is 0.493 e. The van der Waals surface area contributed by atoms with Crippen molar-refractivity contribution in [2.45, 2.75) is 64.3 Å². The number of ether oxygens (including phenoxy) is 1. The standard InChI is InChI=1S/C22H29NO2/c1-14(6-15-2-3-20-19(10-15)4-5-25-20)23-21(24)22-11-16-7-17(12-22)9-18(8-16)13-22/h2-3,10,14,16-18H,4-9,11-13H2,1H3,(H,23,24). The van der Waals surface area contributed by atoms with Gasteiger partial charge in [0.25, 0.3) is 0 Å². The molecule has 1 heterocycles. The van der Waals surface area contributed by atoms with E-state index in [-0.39, 0.29) is 11.5 Å². The monoisotopic (exact) mass is 339 g/mol. The highest BCUT2D eigenvalue weighted by Gasteiger charge is 2.54. The van der Waals surface area contributed by atoms with Gasteiger partial charge in [-0.05, 0) is 86.8 Å². The summed E-state index contributed by atoms with van der Waals surface area (Å²) in [6, 6.07) is 6.69. The van der Waals surface area contributed by atoms with Crippen LogP contribution in [0, 0.1) is 23.2 Å². The Hall–Kier alpha value is -1.51. The lowest BCUT2D eigenvalue weighted by Crippen LogP contribution is -2.55. The SMILES string of the molecule is CC(Cc1ccc2c(c1)CCO2)NC(=O)C12CC3CC(CC(C3)C1)C2. The molecule has 3 nitrogen and oxygen atoms in total. The Morgan fingerprint density at radius 3 is 2.56 bits per heavy atom. The van der Waals surface area contributed by atoms with E-state index in [1.807, 2.05) is 0 Å². The van der Waals surface area contributed by atoms with Crippen molar-refractivity contribution in [1.82, 2.24) is 5.32 Å². The van der Waals surface area contributed by atoms with Crippen molar-refractivity contribution in [1.29, 1.82) is 0 Å². The highest BCUT2D eigenvalue weighted by atomic mass is 16.5. The van der Waals surface area contributed by atoms with Crippen LogP contribution >= 0.6 is 0 Å². The molecule has 25 heavy (non-hydrogen) atoms. The molecule has 4 aliphatic carbocycles. The Morgan fingerprint density at radius 1 is 1.20 bits per heavy atom. The summed E-state index contributed by atoms with van der Waals surface area (Å²) in [7, 11) is 0. The van der Waals surface area contributed by atoms with E-state index < -0.39 is 0 Å². The van der Waals surface area contributed by atoms with Crippen LogP contribution in [0.4, 0.5) is 0 Å². The van der Waals surface area contributed by atoms with Crippen molar-refractivity contribution in [3.63, 3.8) is 0 Å². The number of rotatable bonds is 4. The van der Waals surface area contributed by atoms with Crippen LogP contribution in [-0.2, 0) is 17.6 Å². The first-order valence-corrected chi connectivity index (χ1v) is 10.2. The molecular formula is C22H29NO2. The Kier molecular flexibility index (Phi) is 3.62. The molecule has 4 saturated carbocycles. The Balaban J connectivity index is 1.25. The van der Waals surface area contributed by atoms with Gasteiger partial charge in [-0.15, -0.1) is 0 Å². The van der Waals surface area contributed by atoms with E-state index in [2.05, 4.69) is 30.4 Å². The maximum absolute atomic E-state index is 13.2. The topological polar surface area (TPSA) is 38.3 Å². The van der Waals surface area contributed by atoms with Gasteiger partial charge in [0.15, 0.2) is 0 Å². The van der Waals surface area contributed by atoms with Crippen LogP contribution in [0.3, 0.4) is 0 Å². The minimum atomic E-state index is -0.0330. The summed E-state index contributed by atoms with van der Waals surface area (Å²) in [5.41, 5.74) is 2.59. The van der Waals surface area contributed by atoms with Crippen LogP contribution in [0.15, 0.2) is 18.2 Å². The van der Waals surface area contributed by atoms with E-state index in [1.54, 1.807) is 0 Å². The number of fused-ring (bicyclic) bond motifs is 1.